The molecule has 1 aromatic rings. The zero-order valence-corrected chi connectivity index (χ0v) is 10.4. The summed E-state index contributed by atoms with van der Waals surface area (Å²) in [5.74, 6) is 0.605. The third kappa shape index (κ3) is 3.23. The summed E-state index contributed by atoms with van der Waals surface area (Å²) in [6.07, 6.45) is 5.04. The molecule has 0 aliphatic carbocycles. The molecule has 4 nitrogen and oxygen atoms in total. The first-order valence-electron chi connectivity index (χ1n) is 5.36. The van der Waals surface area contributed by atoms with E-state index in [2.05, 4.69) is 15.3 Å². The molecule has 0 spiro atoms. The van der Waals surface area contributed by atoms with E-state index in [1.165, 1.54) is 19.0 Å². The van der Waals surface area contributed by atoms with Gasteiger partial charge in [0.1, 0.15) is 5.03 Å². The zero-order valence-electron chi connectivity index (χ0n) is 8.86. The minimum absolute atomic E-state index is 0.155. The Morgan fingerprint density at radius 3 is 3.12 bits per heavy atom. The summed E-state index contributed by atoms with van der Waals surface area (Å²) in [5.41, 5.74) is 0. The second-order valence-electron chi connectivity index (χ2n) is 3.82. The number of halogens is 1. The third-order valence-corrected chi connectivity index (χ3v) is 4.18. The van der Waals surface area contributed by atoms with Crippen LogP contribution in [-0.2, 0) is 10.8 Å². The first-order chi connectivity index (χ1) is 7.75. The lowest BCUT2D eigenvalue weighted by molar-refractivity contribution is 0.427. The smallest absolute Gasteiger partial charge is 0.223 e. The molecular weight excluding hydrogens is 246 g/mol. The van der Waals surface area contributed by atoms with Crippen molar-refractivity contribution in [1.82, 2.24) is 15.3 Å². The van der Waals surface area contributed by atoms with Crippen LogP contribution in [0.4, 0.5) is 0 Å². The van der Waals surface area contributed by atoms with E-state index < -0.39 is 10.8 Å². The molecule has 1 aliphatic rings. The Kier molecular flexibility index (Phi) is 4.26. The van der Waals surface area contributed by atoms with Crippen molar-refractivity contribution in [1.29, 1.82) is 0 Å². The molecule has 1 aromatic heterocycles. The fraction of sp³-hybridized carbons (Fsp3) is 0.600. The van der Waals surface area contributed by atoms with E-state index in [9.17, 15) is 4.21 Å². The first kappa shape index (κ1) is 12.0. The fourth-order valence-corrected chi connectivity index (χ4v) is 3.20. The van der Waals surface area contributed by atoms with Crippen molar-refractivity contribution in [3.8, 4) is 0 Å². The lowest BCUT2D eigenvalue weighted by atomic mass is 10.1. The summed E-state index contributed by atoms with van der Waals surface area (Å²) in [6.45, 7) is 1.02. The number of hydrogen-bond acceptors (Lipinski definition) is 4. The number of piperidine rings is 1. The standard InChI is InChI=1S/C10H14ClN3OS/c11-10-13-6-4-9(14-10)16(15)7-8-3-1-2-5-12-8/h4,6,8,12H,1-3,5,7H2/t8-,16+/m0/s1. The van der Waals surface area contributed by atoms with Crippen LogP contribution in [0.5, 0.6) is 0 Å². The Balaban J connectivity index is 1.97. The maximum atomic E-state index is 12.0. The number of rotatable bonds is 3. The van der Waals surface area contributed by atoms with Crippen LogP contribution in [0.3, 0.4) is 0 Å². The van der Waals surface area contributed by atoms with Gasteiger partial charge in [-0.1, -0.05) is 6.42 Å². The van der Waals surface area contributed by atoms with Gasteiger partial charge >= 0.3 is 0 Å². The highest BCUT2D eigenvalue weighted by Crippen LogP contribution is 2.12. The van der Waals surface area contributed by atoms with Gasteiger partial charge in [0.2, 0.25) is 5.28 Å². The summed E-state index contributed by atoms with van der Waals surface area (Å²) < 4.78 is 12.0. The van der Waals surface area contributed by atoms with Gasteiger partial charge in [0.15, 0.2) is 0 Å². The summed E-state index contributed by atoms with van der Waals surface area (Å²) in [4.78, 5) is 7.74. The molecule has 2 atom stereocenters. The second-order valence-corrected chi connectivity index (χ2v) is 5.60. The Morgan fingerprint density at radius 2 is 2.44 bits per heavy atom. The molecule has 6 heteroatoms. The van der Waals surface area contributed by atoms with Crippen molar-refractivity contribution in [2.45, 2.75) is 30.3 Å². The van der Waals surface area contributed by atoms with Crippen LogP contribution in [0.25, 0.3) is 0 Å². The van der Waals surface area contributed by atoms with Crippen molar-refractivity contribution in [3.05, 3.63) is 17.5 Å². The highest BCUT2D eigenvalue weighted by molar-refractivity contribution is 7.85. The molecule has 1 N–H and O–H groups in total. The van der Waals surface area contributed by atoms with Crippen LogP contribution in [0.1, 0.15) is 19.3 Å². The van der Waals surface area contributed by atoms with Gasteiger partial charge in [0.25, 0.3) is 0 Å². The summed E-state index contributed by atoms with van der Waals surface area (Å²) in [6, 6.07) is 1.99. The molecule has 0 bridgehead atoms. The van der Waals surface area contributed by atoms with Crippen LogP contribution in [0, 0.1) is 0 Å². The molecule has 16 heavy (non-hydrogen) atoms. The van der Waals surface area contributed by atoms with E-state index in [4.69, 9.17) is 11.6 Å². The second kappa shape index (κ2) is 5.70. The van der Waals surface area contributed by atoms with Gasteiger partial charge in [-0.05, 0) is 37.1 Å². The van der Waals surface area contributed by atoms with Crippen molar-refractivity contribution in [3.63, 3.8) is 0 Å². The van der Waals surface area contributed by atoms with Gasteiger partial charge in [-0.15, -0.1) is 0 Å². The number of hydrogen-bond donors (Lipinski definition) is 1. The summed E-state index contributed by atoms with van der Waals surface area (Å²) in [5, 5.41) is 4.04. The monoisotopic (exact) mass is 259 g/mol. The van der Waals surface area contributed by atoms with Crippen molar-refractivity contribution < 1.29 is 4.21 Å². The molecule has 1 aliphatic heterocycles. The molecule has 0 saturated carbocycles. The van der Waals surface area contributed by atoms with Crippen molar-refractivity contribution in [2.75, 3.05) is 12.3 Å². The average Bonchev–Trinajstić information content (AvgIpc) is 2.30. The summed E-state index contributed by atoms with van der Waals surface area (Å²) in [7, 11) is -1.09. The Bertz CT molecular complexity index is 382. The number of nitrogens with one attached hydrogen (secondary N) is 1. The van der Waals surface area contributed by atoms with E-state index in [0.29, 0.717) is 16.8 Å². The summed E-state index contributed by atoms with van der Waals surface area (Å²) >= 11 is 5.66. The van der Waals surface area contributed by atoms with E-state index in [1.54, 1.807) is 6.07 Å². The van der Waals surface area contributed by atoms with Gasteiger partial charge in [-0.2, -0.15) is 0 Å². The van der Waals surface area contributed by atoms with E-state index in [-0.39, 0.29) is 5.28 Å². The van der Waals surface area contributed by atoms with Crippen molar-refractivity contribution in [2.24, 2.45) is 0 Å². The minimum Gasteiger partial charge on any atom is -0.313 e. The maximum absolute atomic E-state index is 12.0. The van der Waals surface area contributed by atoms with E-state index in [0.717, 1.165) is 13.0 Å². The highest BCUT2D eigenvalue weighted by atomic mass is 35.5. The average molecular weight is 260 g/mol. The third-order valence-electron chi connectivity index (χ3n) is 2.60. The quantitative estimate of drug-likeness (QED) is 0.658. The van der Waals surface area contributed by atoms with Crippen molar-refractivity contribution >= 4 is 22.4 Å². The van der Waals surface area contributed by atoms with Crippen LogP contribution in [0.15, 0.2) is 17.3 Å². The fourth-order valence-electron chi connectivity index (χ4n) is 1.78. The molecule has 2 heterocycles. The van der Waals surface area contributed by atoms with Gasteiger partial charge in [-0.25, -0.2) is 9.97 Å². The largest absolute Gasteiger partial charge is 0.313 e. The Hall–Kier alpha value is -0.520. The van der Waals surface area contributed by atoms with Crippen LogP contribution in [0.2, 0.25) is 5.28 Å². The van der Waals surface area contributed by atoms with E-state index in [1.807, 2.05) is 0 Å². The molecule has 0 amide bonds. The van der Waals surface area contributed by atoms with Gasteiger partial charge in [0, 0.05) is 18.0 Å². The van der Waals surface area contributed by atoms with E-state index >= 15 is 0 Å². The number of aromatic nitrogens is 2. The predicted octanol–water partition coefficient (Wildman–Crippen LogP) is 1.38. The number of nitrogens with zero attached hydrogens (tertiary/aromatic N) is 2. The lowest BCUT2D eigenvalue weighted by Gasteiger charge is -2.22. The molecule has 1 saturated heterocycles. The van der Waals surface area contributed by atoms with Crippen LogP contribution in [-0.4, -0.2) is 32.5 Å². The van der Waals surface area contributed by atoms with Gasteiger partial charge < -0.3 is 5.32 Å². The molecule has 2 rings (SSSR count). The molecule has 0 radical (unpaired) electrons. The zero-order chi connectivity index (χ0) is 11.4. The van der Waals surface area contributed by atoms with Gasteiger partial charge in [0.05, 0.1) is 10.8 Å². The predicted molar refractivity (Wildman–Crippen MR) is 64.0 cm³/mol. The van der Waals surface area contributed by atoms with Crippen LogP contribution >= 0.6 is 11.6 Å². The maximum Gasteiger partial charge on any atom is 0.223 e. The molecule has 1 fully saturated rings. The van der Waals surface area contributed by atoms with Gasteiger partial charge in [-0.3, -0.25) is 4.21 Å². The topological polar surface area (TPSA) is 54.9 Å². The molecule has 0 unspecified atom stereocenters. The molecular formula is C10H14ClN3OS. The SMILES string of the molecule is O=[S@](C[C@@H]1CCCCN1)c1ccnc(Cl)n1. The Labute approximate surface area is 102 Å². The first-order valence-corrected chi connectivity index (χ1v) is 7.06. The molecule has 88 valence electrons. The lowest BCUT2D eigenvalue weighted by Crippen LogP contribution is -2.38. The minimum atomic E-state index is -1.09. The molecule has 0 aromatic carbocycles. The Morgan fingerprint density at radius 1 is 1.56 bits per heavy atom. The van der Waals surface area contributed by atoms with Crippen LogP contribution < -0.4 is 5.32 Å². The highest BCUT2D eigenvalue weighted by Gasteiger charge is 2.17. The normalized spacial score (nSPS) is 22.9.